The Morgan fingerprint density at radius 3 is 2.41 bits per heavy atom. The van der Waals surface area contributed by atoms with Crippen LogP contribution in [0, 0.1) is 5.92 Å². The number of rotatable bonds is 7. The smallest absolute Gasteiger partial charge is 0.359 e. The molecule has 1 amide bonds. The molecule has 1 aliphatic heterocycles. The van der Waals surface area contributed by atoms with E-state index in [0.29, 0.717) is 23.7 Å². The highest BCUT2D eigenvalue weighted by Crippen LogP contribution is 2.20. The molecule has 1 atom stereocenters. The van der Waals surface area contributed by atoms with Crippen LogP contribution in [0.3, 0.4) is 0 Å². The van der Waals surface area contributed by atoms with Crippen molar-refractivity contribution in [1.82, 2.24) is 14.7 Å². The summed E-state index contributed by atoms with van der Waals surface area (Å²) in [7, 11) is -3.17. The number of carbonyl (C=O) groups is 2. The summed E-state index contributed by atoms with van der Waals surface area (Å²) in [6, 6.07) is 5.93. The summed E-state index contributed by atoms with van der Waals surface area (Å²) in [4.78, 5) is 39.9. The molecule has 0 saturated carbocycles. The van der Waals surface area contributed by atoms with Crippen molar-refractivity contribution in [3.63, 3.8) is 0 Å². The average Bonchev–Trinajstić information content (AvgIpc) is 3.09. The number of esters is 1. The third-order valence-corrected chi connectivity index (χ3v) is 7.12. The number of hydrogen-bond donors (Lipinski definition) is 0. The van der Waals surface area contributed by atoms with Crippen molar-refractivity contribution >= 4 is 32.5 Å². The number of fused-ring (bicyclic) bond motifs is 1. The second kappa shape index (κ2) is 9.40. The first-order chi connectivity index (χ1) is 15.0. The largest absolute Gasteiger partial charge is 0.451 e. The highest BCUT2D eigenvalue weighted by atomic mass is 32.2. The molecule has 0 unspecified atom stereocenters. The van der Waals surface area contributed by atoms with Gasteiger partial charge in [0.2, 0.25) is 0 Å². The second-order valence-electron chi connectivity index (χ2n) is 8.81. The Hall–Kier alpha value is -2.75. The molecule has 1 saturated heterocycles. The first kappa shape index (κ1) is 23.9. The highest BCUT2D eigenvalue weighted by Gasteiger charge is 2.35. The summed E-state index contributed by atoms with van der Waals surface area (Å²) < 4.78 is 30.3. The van der Waals surface area contributed by atoms with Gasteiger partial charge in [-0.1, -0.05) is 32.0 Å². The van der Waals surface area contributed by atoms with E-state index in [1.54, 1.807) is 38.1 Å². The first-order valence-electron chi connectivity index (χ1n) is 10.7. The van der Waals surface area contributed by atoms with Gasteiger partial charge in [0.25, 0.3) is 11.5 Å². The number of hydrogen-bond acceptors (Lipinski definition) is 7. The molecule has 0 bridgehead atoms. The van der Waals surface area contributed by atoms with E-state index in [4.69, 9.17) is 4.74 Å². The van der Waals surface area contributed by atoms with Gasteiger partial charge >= 0.3 is 5.97 Å². The summed E-state index contributed by atoms with van der Waals surface area (Å²) in [5.74, 6) is -1.17. The van der Waals surface area contributed by atoms with Gasteiger partial charge in [-0.25, -0.2) is 17.9 Å². The summed E-state index contributed by atoms with van der Waals surface area (Å²) in [6.07, 6.45) is 0.375. The minimum atomic E-state index is -3.17. The molecule has 10 heteroatoms. The minimum Gasteiger partial charge on any atom is -0.451 e. The van der Waals surface area contributed by atoms with Crippen LogP contribution >= 0.6 is 0 Å². The van der Waals surface area contributed by atoms with Crippen molar-refractivity contribution in [1.29, 1.82) is 0 Å². The van der Waals surface area contributed by atoms with Crippen LogP contribution in [-0.2, 0) is 19.4 Å². The molecule has 1 aromatic carbocycles. The van der Waals surface area contributed by atoms with Crippen LogP contribution in [0.15, 0.2) is 29.1 Å². The van der Waals surface area contributed by atoms with Crippen LogP contribution in [-0.4, -0.2) is 65.7 Å². The van der Waals surface area contributed by atoms with E-state index in [0.717, 1.165) is 0 Å². The van der Waals surface area contributed by atoms with Crippen molar-refractivity contribution in [2.45, 2.75) is 46.2 Å². The van der Waals surface area contributed by atoms with Crippen molar-refractivity contribution in [3.05, 3.63) is 40.3 Å². The molecule has 0 spiro atoms. The number of sulfone groups is 1. The van der Waals surface area contributed by atoms with E-state index in [9.17, 15) is 22.8 Å². The Labute approximate surface area is 187 Å². The van der Waals surface area contributed by atoms with E-state index in [2.05, 4.69) is 5.10 Å². The predicted molar refractivity (Wildman–Crippen MR) is 120 cm³/mol. The van der Waals surface area contributed by atoms with Gasteiger partial charge in [0.05, 0.1) is 22.9 Å². The van der Waals surface area contributed by atoms with Crippen molar-refractivity contribution in [2.75, 3.05) is 24.7 Å². The molecule has 2 aromatic rings. The van der Waals surface area contributed by atoms with E-state index in [1.807, 2.05) is 13.8 Å². The molecule has 3 rings (SSSR count). The van der Waals surface area contributed by atoms with Gasteiger partial charge in [0.1, 0.15) is 0 Å². The van der Waals surface area contributed by atoms with Crippen LogP contribution in [0.5, 0.6) is 0 Å². The fourth-order valence-electron chi connectivity index (χ4n) is 3.85. The number of benzene rings is 1. The summed E-state index contributed by atoms with van der Waals surface area (Å²) in [5, 5.41) is 4.89. The SMILES string of the molecule is CC(C)CN(C(=O)COC(=O)c1nn(C(C)C)c(=O)c2ccccc12)[C@H]1CCS(=O)(=O)C1. The average molecular weight is 464 g/mol. The van der Waals surface area contributed by atoms with E-state index < -0.39 is 34.4 Å². The lowest BCUT2D eigenvalue weighted by atomic mass is 10.1. The Kier molecular flexibility index (Phi) is 7.02. The van der Waals surface area contributed by atoms with Gasteiger partial charge in [0.15, 0.2) is 22.1 Å². The van der Waals surface area contributed by atoms with Crippen LogP contribution in [0.25, 0.3) is 10.8 Å². The van der Waals surface area contributed by atoms with E-state index in [1.165, 1.54) is 9.58 Å². The second-order valence-corrected chi connectivity index (χ2v) is 11.0. The lowest BCUT2D eigenvalue weighted by molar-refractivity contribution is -0.137. The summed E-state index contributed by atoms with van der Waals surface area (Å²) in [6.45, 7) is 7.26. The maximum atomic E-state index is 12.9. The standard InChI is InChI=1S/C22H29N3O6S/c1-14(2)11-24(16-9-10-32(29,30)13-16)19(26)12-31-22(28)20-17-7-5-6-8-18(17)21(27)25(23-20)15(3)4/h5-8,14-16H,9-13H2,1-4H3/t16-/m0/s1. The molecule has 0 N–H and O–H groups in total. The number of nitrogens with zero attached hydrogens (tertiary/aromatic N) is 3. The van der Waals surface area contributed by atoms with Crippen LogP contribution < -0.4 is 5.56 Å². The Morgan fingerprint density at radius 2 is 1.84 bits per heavy atom. The van der Waals surface area contributed by atoms with E-state index >= 15 is 0 Å². The zero-order valence-corrected chi connectivity index (χ0v) is 19.6. The maximum absolute atomic E-state index is 12.9. The highest BCUT2D eigenvalue weighted by molar-refractivity contribution is 7.91. The quantitative estimate of drug-likeness (QED) is 0.575. The number of ether oxygens (including phenoxy) is 1. The van der Waals surface area contributed by atoms with Gasteiger partial charge in [-0.2, -0.15) is 5.10 Å². The van der Waals surface area contributed by atoms with Crippen molar-refractivity contribution in [2.24, 2.45) is 5.92 Å². The normalized spacial score (nSPS) is 17.8. The van der Waals surface area contributed by atoms with Crippen LogP contribution in [0.2, 0.25) is 0 Å². The molecule has 32 heavy (non-hydrogen) atoms. The molecule has 1 aliphatic rings. The third kappa shape index (κ3) is 5.17. The Bertz CT molecular complexity index is 1190. The molecule has 174 valence electrons. The fraction of sp³-hybridized carbons (Fsp3) is 0.545. The topological polar surface area (TPSA) is 116 Å². The molecular weight excluding hydrogens is 434 g/mol. The van der Waals surface area contributed by atoms with E-state index in [-0.39, 0.29) is 34.7 Å². The van der Waals surface area contributed by atoms with Crippen LogP contribution in [0.1, 0.15) is 50.6 Å². The zero-order valence-electron chi connectivity index (χ0n) is 18.8. The number of amides is 1. The van der Waals surface area contributed by atoms with Crippen molar-refractivity contribution < 1.29 is 22.7 Å². The molecule has 2 heterocycles. The molecule has 1 fully saturated rings. The predicted octanol–water partition coefficient (Wildman–Crippen LogP) is 1.81. The zero-order chi connectivity index (χ0) is 23.6. The summed E-state index contributed by atoms with van der Waals surface area (Å²) in [5.41, 5.74) is -0.352. The van der Waals surface area contributed by atoms with Crippen LogP contribution in [0.4, 0.5) is 0 Å². The number of carbonyl (C=O) groups excluding carboxylic acids is 2. The third-order valence-electron chi connectivity index (χ3n) is 5.37. The Morgan fingerprint density at radius 1 is 1.19 bits per heavy atom. The van der Waals surface area contributed by atoms with Gasteiger partial charge in [-0.3, -0.25) is 9.59 Å². The number of aromatic nitrogens is 2. The first-order valence-corrected chi connectivity index (χ1v) is 12.5. The summed E-state index contributed by atoms with van der Waals surface area (Å²) >= 11 is 0. The van der Waals surface area contributed by atoms with Crippen molar-refractivity contribution in [3.8, 4) is 0 Å². The van der Waals surface area contributed by atoms with Gasteiger partial charge in [0, 0.05) is 18.0 Å². The van der Waals surface area contributed by atoms with Gasteiger partial charge < -0.3 is 9.64 Å². The lowest BCUT2D eigenvalue weighted by Gasteiger charge is -2.29. The minimum absolute atomic E-state index is 0.0412. The molecule has 0 aliphatic carbocycles. The van der Waals surface area contributed by atoms with Gasteiger partial charge in [-0.15, -0.1) is 0 Å². The lowest BCUT2D eigenvalue weighted by Crippen LogP contribution is -2.45. The molecular formula is C22H29N3O6S. The molecule has 1 aromatic heterocycles. The van der Waals surface area contributed by atoms with Gasteiger partial charge in [-0.05, 0) is 32.3 Å². The monoisotopic (exact) mass is 463 g/mol. The Balaban J connectivity index is 1.82. The maximum Gasteiger partial charge on any atom is 0.359 e. The molecule has 0 radical (unpaired) electrons. The fourth-order valence-corrected chi connectivity index (χ4v) is 5.59. The molecule has 9 nitrogen and oxygen atoms in total.